The van der Waals surface area contributed by atoms with Crippen molar-refractivity contribution >= 4 is 15.7 Å². The molecule has 46 heavy (non-hydrogen) atoms. The van der Waals surface area contributed by atoms with Gasteiger partial charge in [0.1, 0.15) is 11.9 Å². The van der Waals surface area contributed by atoms with E-state index in [4.69, 9.17) is 4.74 Å². The van der Waals surface area contributed by atoms with Crippen LogP contribution in [-0.2, 0) is 23.0 Å². The number of ether oxygens (including phenoxy) is 1. The molecule has 2 atom stereocenters. The lowest BCUT2D eigenvalue weighted by molar-refractivity contribution is 0.146. The average molecular weight is 646 g/mol. The molecule has 1 aliphatic carbocycles. The number of aliphatic hydroxyl groups excluding tert-OH is 1. The third kappa shape index (κ3) is 7.89. The molecule has 244 valence electrons. The number of aliphatic hydroxyl groups is 1. The highest BCUT2D eigenvalue weighted by molar-refractivity contribution is 7.92. The summed E-state index contributed by atoms with van der Waals surface area (Å²) in [5.74, 6) is 1.46. The monoisotopic (exact) mass is 645 g/mol. The van der Waals surface area contributed by atoms with Crippen LogP contribution in [0.2, 0.25) is 0 Å². The van der Waals surface area contributed by atoms with E-state index in [1.807, 2.05) is 12.3 Å². The van der Waals surface area contributed by atoms with Gasteiger partial charge in [-0.3, -0.25) is 18.8 Å². The number of aromatic nitrogens is 3. The van der Waals surface area contributed by atoms with Crippen LogP contribution in [0.25, 0.3) is 5.69 Å². The van der Waals surface area contributed by atoms with Crippen molar-refractivity contribution in [3.63, 3.8) is 0 Å². The van der Waals surface area contributed by atoms with Gasteiger partial charge in [-0.05, 0) is 85.7 Å². The number of nitrogens with one attached hydrogen (secondary N) is 2. The summed E-state index contributed by atoms with van der Waals surface area (Å²) in [5, 5.41) is 13.6. The van der Waals surface area contributed by atoms with E-state index in [0.29, 0.717) is 43.2 Å². The maximum Gasteiger partial charge on any atom is 0.332 e. The molecule has 1 saturated carbocycles. The number of anilines is 1. The van der Waals surface area contributed by atoms with Crippen molar-refractivity contribution in [1.82, 2.24) is 19.4 Å². The molecule has 2 aliphatic rings. The molecule has 0 saturated heterocycles. The smallest absolute Gasteiger partial charge is 0.332 e. The molecule has 3 N–H and O–H groups in total. The molecule has 1 aliphatic heterocycles. The lowest BCUT2D eigenvalue weighted by atomic mass is 9.86. The quantitative estimate of drug-likeness (QED) is 0.182. The zero-order chi connectivity index (χ0) is 31.9. The van der Waals surface area contributed by atoms with Crippen LogP contribution >= 0.6 is 0 Å². The first-order chi connectivity index (χ1) is 22.4. The minimum atomic E-state index is -3.84. The second kappa shape index (κ2) is 14.7. The zero-order valence-corrected chi connectivity index (χ0v) is 26.9. The zero-order valence-electron chi connectivity index (χ0n) is 26.1. The maximum absolute atomic E-state index is 13.3. The number of imidazole rings is 1. The second-order valence-corrected chi connectivity index (χ2v) is 14.1. The van der Waals surface area contributed by atoms with E-state index in [1.165, 1.54) is 38.5 Å². The molecule has 2 aromatic carbocycles. The Hall–Kier alpha value is -3.93. The number of aryl methyl sites for hydroxylation is 2. The number of hydrogen-bond acceptors (Lipinski definition) is 7. The van der Waals surface area contributed by atoms with Crippen LogP contribution in [0.3, 0.4) is 0 Å². The van der Waals surface area contributed by atoms with Gasteiger partial charge in [-0.1, -0.05) is 38.2 Å². The van der Waals surface area contributed by atoms with Crippen LogP contribution in [0.4, 0.5) is 5.69 Å². The summed E-state index contributed by atoms with van der Waals surface area (Å²) in [6.07, 6.45) is 16.4. The van der Waals surface area contributed by atoms with Crippen LogP contribution in [0, 0.1) is 5.92 Å². The molecule has 0 amide bonds. The van der Waals surface area contributed by atoms with Gasteiger partial charge >= 0.3 is 5.69 Å². The number of sulfonamides is 1. The van der Waals surface area contributed by atoms with E-state index in [-0.39, 0.29) is 16.7 Å². The van der Waals surface area contributed by atoms with Gasteiger partial charge in [0, 0.05) is 55.7 Å². The molecule has 11 heteroatoms. The van der Waals surface area contributed by atoms with Crippen LogP contribution in [0.15, 0.2) is 89.1 Å². The molecule has 0 bridgehead atoms. The number of fused-ring (bicyclic) bond motifs is 1. The van der Waals surface area contributed by atoms with E-state index in [9.17, 15) is 18.3 Å². The van der Waals surface area contributed by atoms with Gasteiger partial charge in [-0.2, -0.15) is 0 Å². The van der Waals surface area contributed by atoms with Crippen LogP contribution in [0.1, 0.15) is 68.6 Å². The topological polar surface area (TPSA) is 127 Å². The van der Waals surface area contributed by atoms with Crippen LogP contribution in [-0.4, -0.2) is 46.8 Å². The van der Waals surface area contributed by atoms with Gasteiger partial charge in [0.2, 0.25) is 0 Å². The van der Waals surface area contributed by atoms with Crippen molar-refractivity contribution in [1.29, 1.82) is 0 Å². The van der Waals surface area contributed by atoms with Gasteiger partial charge in [0.15, 0.2) is 0 Å². The van der Waals surface area contributed by atoms with Crippen molar-refractivity contribution in [2.45, 2.75) is 81.4 Å². The summed E-state index contributed by atoms with van der Waals surface area (Å²) in [6.45, 7) is 1.65. The normalized spacial score (nSPS) is 17.6. The molecule has 3 heterocycles. The summed E-state index contributed by atoms with van der Waals surface area (Å²) in [5.41, 5.74) is 2.60. The largest absolute Gasteiger partial charge is 0.489 e. The summed E-state index contributed by atoms with van der Waals surface area (Å²) >= 11 is 0. The van der Waals surface area contributed by atoms with Gasteiger partial charge < -0.3 is 15.2 Å². The lowest BCUT2D eigenvalue weighted by Gasteiger charge is -2.27. The third-order valence-electron chi connectivity index (χ3n) is 9.13. The molecular formula is C35H43N5O5S. The minimum Gasteiger partial charge on any atom is -0.489 e. The molecule has 10 nitrogen and oxygen atoms in total. The van der Waals surface area contributed by atoms with Crippen molar-refractivity contribution in [2.24, 2.45) is 5.92 Å². The van der Waals surface area contributed by atoms with Crippen LogP contribution < -0.4 is 20.5 Å². The van der Waals surface area contributed by atoms with Crippen molar-refractivity contribution in [3.8, 4) is 11.4 Å². The van der Waals surface area contributed by atoms with Gasteiger partial charge in [-0.25, -0.2) is 13.2 Å². The first-order valence-corrected chi connectivity index (χ1v) is 17.8. The van der Waals surface area contributed by atoms with Crippen molar-refractivity contribution in [2.75, 3.05) is 17.8 Å². The summed E-state index contributed by atoms with van der Waals surface area (Å²) in [7, 11) is -3.84. The highest BCUT2D eigenvalue weighted by Gasteiger charge is 2.23. The first kappa shape index (κ1) is 32.0. The maximum atomic E-state index is 13.3. The summed E-state index contributed by atoms with van der Waals surface area (Å²) in [4.78, 5) is 17.2. The fourth-order valence-corrected chi connectivity index (χ4v) is 7.62. The van der Waals surface area contributed by atoms with Crippen molar-refractivity contribution in [3.05, 3.63) is 101 Å². The predicted octanol–water partition coefficient (Wildman–Crippen LogP) is 5.21. The lowest BCUT2D eigenvalue weighted by Crippen LogP contribution is -2.36. The fraction of sp³-hybridized carbons (Fsp3) is 0.429. The van der Waals surface area contributed by atoms with E-state index >= 15 is 0 Å². The number of pyridine rings is 1. The van der Waals surface area contributed by atoms with E-state index in [2.05, 4.69) is 15.0 Å². The number of rotatable bonds is 13. The van der Waals surface area contributed by atoms with E-state index in [1.54, 1.807) is 76.3 Å². The van der Waals surface area contributed by atoms with E-state index < -0.39 is 16.1 Å². The highest BCUT2D eigenvalue weighted by Crippen LogP contribution is 2.31. The predicted molar refractivity (Wildman–Crippen MR) is 178 cm³/mol. The Kier molecular flexibility index (Phi) is 10.2. The number of benzene rings is 2. The van der Waals surface area contributed by atoms with Gasteiger partial charge in [0.05, 0.1) is 16.7 Å². The Morgan fingerprint density at radius 1 is 1.02 bits per heavy atom. The third-order valence-corrected chi connectivity index (χ3v) is 10.5. The Bertz CT molecular complexity index is 1750. The molecular weight excluding hydrogens is 602 g/mol. The van der Waals surface area contributed by atoms with E-state index in [0.717, 1.165) is 29.9 Å². The summed E-state index contributed by atoms with van der Waals surface area (Å²) in [6, 6.07) is 15.4. The minimum absolute atomic E-state index is 0.0846. The molecule has 0 spiro atoms. The van der Waals surface area contributed by atoms with Crippen LogP contribution in [0.5, 0.6) is 5.75 Å². The second-order valence-electron chi connectivity index (χ2n) is 12.5. The molecule has 6 rings (SSSR count). The Balaban J connectivity index is 1.01. The highest BCUT2D eigenvalue weighted by atomic mass is 32.2. The molecule has 1 fully saturated rings. The van der Waals surface area contributed by atoms with Gasteiger partial charge in [-0.15, -0.1) is 0 Å². The Morgan fingerprint density at radius 2 is 1.85 bits per heavy atom. The first-order valence-electron chi connectivity index (χ1n) is 16.3. The van der Waals surface area contributed by atoms with Gasteiger partial charge in [0.25, 0.3) is 10.0 Å². The standard InChI is InChI=1S/C35H43N5O5S/c41-33(28-9-4-18-36-23-28)25-37-24-31-15-10-27-22-32(16-17-34(27)45-31)46(43,44)38-29-11-13-30(14-12-29)40-21-20-39(35(40)42)19-5-8-26-6-2-1-3-7-26/h4,9,11-14,16-18,20-23,26,31,33,37-38,41H,1-3,5-8,10,15,19,24-25H2/t31-,33-/m0/s1. The average Bonchev–Trinajstić information content (AvgIpc) is 3.45. The molecule has 4 aromatic rings. The Labute approximate surface area is 270 Å². The SMILES string of the molecule is O=c1n(CCCC2CCCCC2)ccn1-c1ccc(NS(=O)(=O)c2ccc3c(c2)CC[C@@H](CNC[C@H](O)c2cccnc2)O3)cc1. The number of nitrogens with zero attached hydrogens (tertiary/aromatic N) is 3. The molecule has 2 aromatic heterocycles. The molecule has 0 radical (unpaired) electrons. The molecule has 0 unspecified atom stereocenters. The number of hydrogen-bond donors (Lipinski definition) is 3. The van der Waals surface area contributed by atoms with Crippen molar-refractivity contribution < 1.29 is 18.3 Å². The fourth-order valence-electron chi connectivity index (χ4n) is 6.51. The summed E-state index contributed by atoms with van der Waals surface area (Å²) < 4.78 is 38.6. The Morgan fingerprint density at radius 3 is 2.63 bits per heavy atom.